The normalized spacial score (nSPS) is 30.8. The second-order valence-corrected chi connectivity index (χ2v) is 11.7. The summed E-state index contributed by atoms with van der Waals surface area (Å²) in [4.78, 5) is 22.9. The summed E-state index contributed by atoms with van der Waals surface area (Å²) >= 11 is 0. The van der Waals surface area contributed by atoms with Crippen LogP contribution in [0.3, 0.4) is 0 Å². The molecule has 2 heterocycles. The molecule has 8 heteroatoms. The third kappa shape index (κ3) is 9.41. The Bertz CT molecular complexity index is 830. The first kappa shape index (κ1) is 31.8. The third-order valence-corrected chi connectivity index (χ3v) is 7.98. The molecular formula is C31H50O8. The van der Waals surface area contributed by atoms with Crippen LogP contribution >= 0.6 is 0 Å². The highest BCUT2D eigenvalue weighted by Gasteiger charge is 2.58. The van der Waals surface area contributed by atoms with Crippen molar-refractivity contribution in [3.63, 3.8) is 0 Å². The van der Waals surface area contributed by atoms with E-state index in [4.69, 9.17) is 23.7 Å². The number of aliphatic carboxylic acids is 1. The van der Waals surface area contributed by atoms with Gasteiger partial charge in [-0.15, -0.1) is 0 Å². The first-order chi connectivity index (χ1) is 18.6. The molecule has 3 fully saturated rings. The van der Waals surface area contributed by atoms with Crippen molar-refractivity contribution in [2.24, 2.45) is 11.8 Å². The lowest BCUT2D eigenvalue weighted by Gasteiger charge is -2.33. The van der Waals surface area contributed by atoms with Crippen LogP contribution in [0.5, 0.6) is 0 Å². The van der Waals surface area contributed by atoms with Crippen LogP contribution < -0.4 is 0 Å². The molecule has 2 saturated heterocycles. The standard InChI is InChI=1S/C31H50O8/c1-6-7-8-9-10-11-17-24-23(18-13-12-16-21(2)26(30(33)34)36-22(3)32)27(37-25-19-14-15-20-35-25)29-28(24)38-31(4,5)39-29/h11,17,23-29H,2,6-10,12-16,18-20H2,1,3-5H3,(H,33,34)/t23-,24-,25?,26?,27-,28+,29-/m1/s1. The molecule has 0 aromatic rings. The molecule has 2 unspecified atom stereocenters. The number of allylic oxidation sites excluding steroid dienone is 1. The number of fused-ring (bicyclic) bond motifs is 1. The van der Waals surface area contributed by atoms with Crippen LogP contribution in [0, 0.1) is 11.8 Å². The number of carboxylic acids is 1. The van der Waals surface area contributed by atoms with Gasteiger partial charge in [-0.05, 0) is 76.7 Å². The molecule has 222 valence electrons. The molecule has 8 nitrogen and oxygen atoms in total. The highest BCUT2D eigenvalue weighted by molar-refractivity contribution is 5.79. The Morgan fingerprint density at radius 2 is 1.87 bits per heavy atom. The summed E-state index contributed by atoms with van der Waals surface area (Å²) in [5.41, 5.74) is 0.404. The fourth-order valence-electron chi connectivity index (χ4n) is 6.14. The Hall–Kier alpha value is -1.74. The van der Waals surface area contributed by atoms with E-state index in [1.54, 1.807) is 0 Å². The molecule has 0 aromatic carbocycles. The average Bonchev–Trinajstić information content (AvgIpc) is 3.33. The zero-order valence-corrected chi connectivity index (χ0v) is 24.4. The maximum absolute atomic E-state index is 11.5. The van der Waals surface area contributed by atoms with Crippen LogP contribution in [0.15, 0.2) is 24.3 Å². The van der Waals surface area contributed by atoms with E-state index in [-0.39, 0.29) is 36.4 Å². The van der Waals surface area contributed by atoms with Gasteiger partial charge in [0.25, 0.3) is 0 Å². The number of ether oxygens (including phenoxy) is 5. The lowest BCUT2D eigenvalue weighted by Crippen LogP contribution is -2.39. The second kappa shape index (κ2) is 15.3. The average molecular weight is 551 g/mol. The number of hydrogen-bond donors (Lipinski definition) is 1. The van der Waals surface area contributed by atoms with Crippen LogP contribution in [0.1, 0.15) is 105 Å². The monoisotopic (exact) mass is 550 g/mol. The number of unbranched alkanes of at least 4 members (excludes halogenated alkanes) is 5. The lowest BCUT2D eigenvalue weighted by atomic mass is 9.87. The van der Waals surface area contributed by atoms with Crippen molar-refractivity contribution in [1.82, 2.24) is 0 Å². The van der Waals surface area contributed by atoms with E-state index in [0.717, 1.165) is 51.6 Å². The van der Waals surface area contributed by atoms with Crippen molar-refractivity contribution in [3.8, 4) is 0 Å². The van der Waals surface area contributed by atoms with Gasteiger partial charge < -0.3 is 28.8 Å². The Morgan fingerprint density at radius 1 is 1.10 bits per heavy atom. The number of carbonyl (C=O) groups is 2. The summed E-state index contributed by atoms with van der Waals surface area (Å²) in [6, 6.07) is 0. The van der Waals surface area contributed by atoms with Crippen LogP contribution in [0.2, 0.25) is 0 Å². The first-order valence-electron chi connectivity index (χ1n) is 15.0. The molecule has 0 amide bonds. The van der Waals surface area contributed by atoms with Crippen molar-refractivity contribution in [2.45, 2.75) is 141 Å². The zero-order valence-electron chi connectivity index (χ0n) is 24.4. The van der Waals surface area contributed by atoms with Crippen molar-refractivity contribution in [1.29, 1.82) is 0 Å². The third-order valence-electron chi connectivity index (χ3n) is 7.98. The number of rotatable bonds is 16. The maximum Gasteiger partial charge on any atom is 0.349 e. The van der Waals surface area contributed by atoms with Crippen LogP contribution in [0.25, 0.3) is 0 Å². The van der Waals surface area contributed by atoms with Gasteiger partial charge in [0.05, 0.1) is 12.2 Å². The van der Waals surface area contributed by atoms with E-state index in [0.29, 0.717) is 12.0 Å². The van der Waals surface area contributed by atoms with Gasteiger partial charge in [0.1, 0.15) is 6.10 Å². The van der Waals surface area contributed by atoms with Gasteiger partial charge in [-0.25, -0.2) is 4.79 Å². The lowest BCUT2D eigenvalue weighted by molar-refractivity contribution is -0.230. The van der Waals surface area contributed by atoms with Gasteiger partial charge in [-0.1, -0.05) is 51.3 Å². The molecule has 0 radical (unpaired) electrons. The molecule has 2 aliphatic heterocycles. The second-order valence-electron chi connectivity index (χ2n) is 11.7. The molecule has 7 atom stereocenters. The summed E-state index contributed by atoms with van der Waals surface area (Å²) in [7, 11) is 0. The highest BCUT2D eigenvalue weighted by Crippen LogP contribution is 2.49. The molecule has 1 saturated carbocycles. The Balaban J connectivity index is 1.68. The smallest absolute Gasteiger partial charge is 0.349 e. The summed E-state index contributed by atoms with van der Waals surface area (Å²) in [5, 5.41) is 9.43. The van der Waals surface area contributed by atoms with E-state index >= 15 is 0 Å². The summed E-state index contributed by atoms with van der Waals surface area (Å²) in [6.07, 6.45) is 14.6. The predicted octanol–water partition coefficient (Wildman–Crippen LogP) is 6.32. The molecule has 3 aliphatic rings. The molecule has 0 bridgehead atoms. The number of carboxylic acid groups (broad SMARTS) is 1. The molecular weight excluding hydrogens is 500 g/mol. The van der Waals surface area contributed by atoms with Crippen molar-refractivity contribution in [2.75, 3.05) is 6.61 Å². The van der Waals surface area contributed by atoms with Crippen LogP contribution in [-0.4, -0.2) is 60.1 Å². The van der Waals surface area contributed by atoms with Gasteiger partial charge in [0.2, 0.25) is 6.10 Å². The van der Waals surface area contributed by atoms with Crippen molar-refractivity contribution >= 4 is 11.9 Å². The van der Waals surface area contributed by atoms with E-state index < -0.39 is 23.8 Å². The molecule has 0 spiro atoms. The van der Waals surface area contributed by atoms with Crippen LogP contribution in [0.4, 0.5) is 0 Å². The van der Waals surface area contributed by atoms with Crippen LogP contribution in [-0.2, 0) is 33.3 Å². The topological polar surface area (TPSA) is 101 Å². The first-order valence-corrected chi connectivity index (χ1v) is 15.0. The zero-order chi connectivity index (χ0) is 28.4. The number of carbonyl (C=O) groups excluding carboxylic acids is 1. The molecule has 39 heavy (non-hydrogen) atoms. The fraction of sp³-hybridized carbons (Fsp3) is 0.806. The number of esters is 1. The van der Waals surface area contributed by atoms with Crippen molar-refractivity contribution < 1.29 is 38.4 Å². The summed E-state index contributed by atoms with van der Waals surface area (Å²) in [6.45, 7) is 12.0. The minimum absolute atomic E-state index is 0.0826. The summed E-state index contributed by atoms with van der Waals surface area (Å²) in [5.74, 6) is -2.14. The Morgan fingerprint density at radius 3 is 2.54 bits per heavy atom. The largest absolute Gasteiger partial charge is 0.478 e. The Kier molecular flexibility index (Phi) is 12.5. The number of hydrogen-bond acceptors (Lipinski definition) is 7. The van der Waals surface area contributed by atoms with Gasteiger partial charge in [-0.3, -0.25) is 4.79 Å². The van der Waals surface area contributed by atoms with E-state index in [2.05, 4.69) is 25.7 Å². The molecule has 0 aromatic heterocycles. The van der Waals surface area contributed by atoms with Gasteiger partial charge in [0.15, 0.2) is 12.1 Å². The van der Waals surface area contributed by atoms with Crippen molar-refractivity contribution in [3.05, 3.63) is 24.3 Å². The molecule has 1 N–H and O–H groups in total. The highest BCUT2D eigenvalue weighted by atomic mass is 16.8. The summed E-state index contributed by atoms with van der Waals surface area (Å²) < 4.78 is 30.4. The van der Waals surface area contributed by atoms with E-state index in [1.165, 1.54) is 32.6 Å². The fourth-order valence-corrected chi connectivity index (χ4v) is 6.14. The van der Waals surface area contributed by atoms with Gasteiger partial charge in [0, 0.05) is 19.4 Å². The SMILES string of the molecule is C=C(CCCC[C@@H]1[C@@H](C=CCCCCCC)[C@@H]2OC(C)(C)O[C@@H]2[C@@H]1OC1CCCCO1)C(OC(C)=O)C(=O)O. The van der Waals surface area contributed by atoms with Gasteiger partial charge >= 0.3 is 11.9 Å². The molecule has 3 rings (SSSR count). The van der Waals surface area contributed by atoms with Gasteiger partial charge in [-0.2, -0.15) is 0 Å². The minimum atomic E-state index is -1.31. The minimum Gasteiger partial charge on any atom is -0.478 e. The Labute approximate surface area is 234 Å². The maximum atomic E-state index is 11.5. The quantitative estimate of drug-likeness (QED) is 0.135. The van der Waals surface area contributed by atoms with E-state index in [9.17, 15) is 14.7 Å². The molecule has 1 aliphatic carbocycles. The van der Waals surface area contributed by atoms with E-state index in [1.807, 2.05) is 13.8 Å². The predicted molar refractivity (Wildman–Crippen MR) is 148 cm³/mol.